The van der Waals surface area contributed by atoms with Gasteiger partial charge in [-0.05, 0) is 79.3 Å². The van der Waals surface area contributed by atoms with E-state index in [0.29, 0.717) is 53.4 Å². The number of alkyl halides is 2. The zero-order valence-electron chi connectivity index (χ0n) is 25.9. The maximum Gasteiger partial charge on any atom is 0.444 e. The maximum atomic E-state index is 15.8. The maximum absolute atomic E-state index is 15.8. The summed E-state index contributed by atoms with van der Waals surface area (Å²) in [6.07, 6.45) is -0.335. The lowest BCUT2D eigenvalue weighted by atomic mass is 9.95. The first kappa shape index (κ1) is 33.3. The Hall–Kier alpha value is -5.59. The van der Waals surface area contributed by atoms with Crippen LogP contribution in [-0.4, -0.2) is 26.6 Å². The summed E-state index contributed by atoms with van der Waals surface area (Å²) in [6, 6.07) is 16.2. The Labute approximate surface area is 277 Å². The molecule has 0 saturated carbocycles. The van der Waals surface area contributed by atoms with Gasteiger partial charge in [0.15, 0.2) is 5.69 Å². The lowest BCUT2D eigenvalue weighted by Gasteiger charge is -2.23. The molecule has 252 valence electrons. The molecule has 0 spiro atoms. The summed E-state index contributed by atoms with van der Waals surface area (Å²) in [6.45, 7) is -0.653. The van der Waals surface area contributed by atoms with Gasteiger partial charge in [-0.15, -0.1) is 0 Å². The first-order chi connectivity index (χ1) is 23.5. The van der Waals surface area contributed by atoms with Gasteiger partial charge in [-0.2, -0.15) is 13.9 Å². The van der Waals surface area contributed by atoms with Crippen LogP contribution >= 0.6 is 0 Å². The van der Waals surface area contributed by atoms with Crippen molar-refractivity contribution in [3.8, 4) is 16.9 Å². The minimum Gasteiger partial charge on any atom is -0.428 e. The molecule has 0 saturated heterocycles. The van der Waals surface area contributed by atoms with Crippen molar-refractivity contribution in [3.63, 3.8) is 0 Å². The number of aryl methyl sites for hydroxylation is 1. The fraction of sp³-hybridized carbons (Fsp3) is 0.222. The van der Waals surface area contributed by atoms with Crippen molar-refractivity contribution in [2.24, 2.45) is 5.73 Å². The number of para-hydroxylation sites is 1. The van der Waals surface area contributed by atoms with E-state index in [9.17, 15) is 22.8 Å². The molecule has 1 aliphatic carbocycles. The Balaban J connectivity index is 1.33. The van der Waals surface area contributed by atoms with Gasteiger partial charge in [-0.25, -0.2) is 17.9 Å². The number of fused-ring (bicyclic) bond motifs is 1. The second kappa shape index (κ2) is 13.9. The second-order valence-electron chi connectivity index (χ2n) is 11.7. The van der Waals surface area contributed by atoms with Gasteiger partial charge >= 0.3 is 6.11 Å². The van der Waals surface area contributed by atoms with Crippen molar-refractivity contribution in [3.05, 3.63) is 136 Å². The quantitative estimate of drug-likeness (QED) is 0.154. The third-order valence-electron chi connectivity index (χ3n) is 8.24. The summed E-state index contributed by atoms with van der Waals surface area (Å²) in [7, 11) is 0. The van der Waals surface area contributed by atoms with Crippen molar-refractivity contribution in [2.75, 3.05) is 0 Å². The molecule has 0 radical (unpaired) electrons. The van der Waals surface area contributed by atoms with E-state index >= 15 is 8.78 Å². The molecule has 1 atom stereocenters. The summed E-state index contributed by atoms with van der Waals surface area (Å²) < 4.78 is 80.8. The Morgan fingerprint density at radius 2 is 1.67 bits per heavy atom. The molecule has 2 aromatic heterocycles. The number of pyridine rings is 1. The van der Waals surface area contributed by atoms with E-state index < -0.39 is 53.7 Å². The lowest BCUT2D eigenvalue weighted by Crippen LogP contribution is -2.35. The number of hydrogen-bond donors (Lipinski definition) is 2. The van der Waals surface area contributed by atoms with Gasteiger partial charge in [0, 0.05) is 29.8 Å². The molecule has 8 nitrogen and oxygen atoms in total. The minimum atomic E-state index is -3.84. The average Bonchev–Trinajstić information content (AvgIpc) is 3.43. The molecule has 0 bridgehead atoms. The Kier molecular flexibility index (Phi) is 9.43. The number of rotatable bonds is 11. The van der Waals surface area contributed by atoms with E-state index in [1.165, 1.54) is 30.5 Å². The van der Waals surface area contributed by atoms with E-state index in [4.69, 9.17) is 10.5 Å². The van der Waals surface area contributed by atoms with Gasteiger partial charge < -0.3 is 15.8 Å². The smallest absolute Gasteiger partial charge is 0.428 e. The number of ether oxygens (including phenoxy) is 1. The van der Waals surface area contributed by atoms with Gasteiger partial charge in [0.05, 0.1) is 23.0 Å². The monoisotopic (exact) mass is 675 g/mol. The number of primary amides is 1. The van der Waals surface area contributed by atoms with Gasteiger partial charge in [0.1, 0.15) is 29.7 Å². The van der Waals surface area contributed by atoms with Crippen molar-refractivity contribution >= 4 is 11.8 Å². The molecule has 3 aromatic carbocycles. The molecular weight excluding hydrogens is 645 g/mol. The number of aromatic nitrogens is 3. The van der Waals surface area contributed by atoms with Crippen LogP contribution in [0.5, 0.6) is 5.75 Å². The molecule has 1 unspecified atom stereocenters. The van der Waals surface area contributed by atoms with Gasteiger partial charge in [-0.1, -0.05) is 30.3 Å². The number of nitrogens with one attached hydrogen (secondary N) is 1. The molecule has 0 aliphatic heterocycles. The average molecular weight is 676 g/mol. The molecule has 0 fully saturated rings. The number of halogens is 5. The highest BCUT2D eigenvalue weighted by atomic mass is 19.3. The van der Waals surface area contributed by atoms with Crippen LogP contribution in [0.3, 0.4) is 0 Å². The first-order valence-electron chi connectivity index (χ1n) is 15.5. The highest BCUT2D eigenvalue weighted by Gasteiger charge is 2.43. The van der Waals surface area contributed by atoms with Crippen molar-refractivity contribution in [1.82, 2.24) is 20.1 Å². The van der Waals surface area contributed by atoms with Gasteiger partial charge in [0.25, 0.3) is 5.91 Å². The topological polar surface area (TPSA) is 112 Å². The van der Waals surface area contributed by atoms with Crippen molar-refractivity contribution < 1.29 is 36.3 Å². The summed E-state index contributed by atoms with van der Waals surface area (Å²) in [4.78, 5) is 29.9. The van der Waals surface area contributed by atoms with Crippen LogP contribution in [0.4, 0.5) is 22.0 Å². The number of amides is 2. The summed E-state index contributed by atoms with van der Waals surface area (Å²) in [5.41, 5.74) is 6.37. The van der Waals surface area contributed by atoms with E-state index in [0.717, 1.165) is 29.3 Å². The Morgan fingerprint density at radius 1 is 0.939 bits per heavy atom. The highest BCUT2D eigenvalue weighted by molar-refractivity contribution is 5.94. The molecule has 49 heavy (non-hydrogen) atoms. The molecule has 13 heteroatoms. The van der Waals surface area contributed by atoms with Crippen LogP contribution in [-0.2, 0) is 36.7 Å². The summed E-state index contributed by atoms with van der Waals surface area (Å²) >= 11 is 0. The van der Waals surface area contributed by atoms with Crippen LogP contribution in [0.25, 0.3) is 11.1 Å². The van der Waals surface area contributed by atoms with Gasteiger partial charge in [0.2, 0.25) is 5.91 Å². The molecule has 5 aromatic rings. The Bertz CT molecular complexity index is 2000. The molecular formula is C36H30F5N5O3. The van der Waals surface area contributed by atoms with Crippen LogP contribution in [0.1, 0.15) is 57.5 Å². The number of hydrogen-bond acceptors (Lipinski definition) is 5. The van der Waals surface area contributed by atoms with Gasteiger partial charge in [-0.3, -0.25) is 14.6 Å². The van der Waals surface area contributed by atoms with Crippen molar-refractivity contribution in [2.45, 2.75) is 50.8 Å². The van der Waals surface area contributed by atoms with Crippen LogP contribution in [0.2, 0.25) is 0 Å². The fourth-order valence-corrected chi connectivity index (χ4v) is 6.07. The van der Waals surface area contributed by atoms with E-state index in [1.807, 2.05) is 0 Å². The second-order valence-corrected chi connectivity index (χ2v) is 11.7. The molecule has 3 N–H and O–H groups in total. The Morgan fingerprint density at radius 3 is 2.41 bits per heavy atom. The predicted molar refractivity (Wildman–Crippen MR) is 169 cm³/mol. The summed E-state index contributed by atoms with van der Waals surface area (Å²) in [5.74, 6) is -4.45. The highest BCUT2D eigenvalue weighted by Crippen LogP contribution is 2.37. The number of nitrogens with two attached hydrogens (primary N) is 1. The number of nitrogens with zero attached hydrogens (tertiary/aromatic N) is 3. The minimum absolute atomic E-state index is 0.0390. The van der Waals surface area contributed by atoms with E-state index in [-0.39, 0.29) is 23.3 Å². The standard InChI is InChI=1S/C36H30F5N5O3/c37-23-15-22(16-24(38)18-23)31(19-32-26(10-6-14-43-32)21-12-13-29(39)28(17-21)35(42)48)44-33(47)20-46-34(27-9-4-5-11-30(27)45-46)36(40,41)49-25-7-2-1-3-8-25/h1-3,6-8,10,12-18,31H,4-5,9,11,19-20H2,(H2,42,48)(H,44,47). The van der Waals surface area contributed by atoms with Crippen molar-refractivity contribution in [1.29, 1.82) is 0 Å². The zero-order chi connectivity index (χ0) is 34.7. The normalized spacial score (nSPS) is 13.4. The van der Waals surface area contributed by atoms with Crippen LogP contribution < -0.4 is 15.8 Å². The lowest BCUT2D eigenvalue weighted by molar-refractivity contribution is -0.191. The first-order valence-corrected chi connectivity index (χ1v) is 15.5. The summed E-state index contributed by atoms with van der Waals surface area (Å²) in [5, 5.41) is 7.09. The zero-order valence-corrected chi connectivity index (χ0v) is 25.9. The largest absolute Gasteiger partial charge is 0.444 e. The molecule has 2 heterocycles. The van der Waals surface area contributed by atoms with E-state index in [1.54, 1.807) is 30.3 Å². The van der Waals surface area contributed by atoms with Crippen LogP contribution in [0.15, 0.2) is 85.1 Å². The predicted octanol–water partition coefficient (Wildman–Crippen LogP) is 6.57. The molecule has 1 aliphatic rings. The molecule has 6 rings (SSSR count). The molecule has 2 amide bonds. The number of carbonyl (C=O) groups is 2. The number of benzene rings is 3. The van der Waals surface area contributed by atoms with E-state index in [2.05, 4.69) is 15.4 Å². The fourth-order valence-electron chi connectivity index (χ4n) is 6.07. The SMILES string of the molecule is NC(=O)c1cc(-c2cccnc2CC(NC(=O)Cn2nc3c(c2C(F)(F)Oc2ccccc2)CCCC3)c2cc(F)cc(F)c2)ccc1F. The number of carbonyl (C=O) groups excluding carboxylic acids is 2. The third-order valence-corrected chi connectivity index (χ3v) is 8.24. The van der Waals surface area contributed by atoms with Crippen LogP contribution in [0, 0.1) is 17.5 Å². The third kappa shape index (κ3) is 7.45.